The molecule has 6 heteroatoms. The van der Waals surface area contributed by atoms with Crippen molar-refractivity contribution in [2.24, 2.45) is 0 Å². The molecule has 1 aromatic heterocycles. The number of likely N-dealkylation sites (N-methyl/N-ethyl adjacent to an activating group) is 1. The van der Waals surface area contributed by atoms with E-state index >= 15 is 0 Å². The summed E-state index contributed by atoms with van der Waals surface area (Å²) < 4.78 is 0. The quantitative estimate of drug-likeness (QED) is 0.438. The largest absolute Gasteiger partial charge is 0.507 e. The third-order valence-corrected chi connectivity index (χ3v) is 6.15. The van der Waals surface area contributed by atoms with Gasteiger partial charge in [0, 0.05) is 23.5 Å². The molecular weight excluding hydrogens is 372 g/mol. The fourth-order valence-corrected chi connectivity index (χ4v) is 4.35. The van der Waals surface area contributed by atoms with E-state index in [4.69, 9.17) is 0 Å². The van der Waals surface area contributed by atoms with Crippen LogP contribution in [0.15, 0.2) is 47.4 Å². The molecule has 28 heavy (non-hydrogen) atoms. The van der Waals surface area contributed by atoms with Gasteiger partial charge < -0.3 is 14.9 Å². The minimum atomic E-state index is -0.615. The monoisotopic (exact) mass is 398 g/mol. The van der Waals surface area contributed by atoms with Gasteiger partial charge in [0.1, 0.15) is 5.76 Å². The molecular formula is C22H26N2O3S. The number of nitrogens with zero attached hydrogens (tertiary/aromatic N) is 2. The third-order valence-electron chi connectivity index (χ3n) is 5.23. The number of thiophene rings is 1. The number of aliphatic hydroxyl groups is 1. The van der Waals surface area contributed by atoms with Gasteiger partial charge in [-0.15, -0.1) is 11.3 Å². The van der Waals surface area contributed by atoms with E-state index in [9.17, 15) is 14.7 Å². The Bertz CT molecular complexity index is 868. The Morgan fingerprint density at radius 1 is 1.14 bits per heavy atom. The molecule has 0 saturated carbocycles. The number of aliphatic hydroxyl groups excluding tert-OH is 1. The Morgan fingerprint density at radius 2 is 1.82 bits per heavy atom. The minimum absolute atomic E-state index is 0.109. The van der Waals surface area contributed by atoms with E-state index in [2.05, 4.69) is 18.7 Å². The zero-order valence-electron chi connectivity index (χ0n) is 16.5. The summed E-state index contributed by atoms with van der Waals surface area (Å²) in [4.78, 5) is 30.4. The normalized spacial score (nSPS) is 19.0. The van der Waals surface area contributed by atoms with E-state index < -0.39 is 17.7 Å². The van der Waals surface area contributed by atoms with Crippen LogP contribution in [0.3, 0.4) is 0 Å². The lowest BCUT2D eigenvalue weighted by molar-refractivity contribution is -0.140. The molecule has 148 valence electrons. The van der Waals surface area contributed by atoms with Crippen molar-refractivity contribution in [2.45, 2.75) is 26.8 Å². The molecule has 1 aromatic carbocycles. The highest BCUT2D eigenvalue weighted by Crippen LogP contribution is 2.40. The zero-order valence-corrected chi connectivity index (χ0v) is 17.3. The van der Waals surface area contributed by atoms with Gasteiger partial charge in [0.25, 0.3) is 11.7 Å². The molecule has 5 nitrogen and oxygen atoms in total. The summed E-state index contributed by atoms with van der Waals surface area (Å²) in [5.41, 5.74) is 1.79. The average Bonchev–Trinajstić information content (AvgIpc) is 3.31. The van der Waals surface area contributed by atoms with Gasteiger partial charge in [0.2, 0.25) is 0 Å². The Hall–Kier alpha value is -2.44. The predicted molar refractivity (Wildman–Crippen MR) is 112 cm³/mol. The third kappa shape index (κ3) is 3.88. The molecule has 0 aliphatic carbocycles. The smallest absolute Gasteiger partial charge is 0.295 e. The van der Waals surface area contributed by atoms with Crippen LogP contribution in [0.4, 0.5) is 0 Å². The van der Waals surface area contributed by atoms with Crippen LogP contribution < -0.4 is 0 Å². The second-order valence-electron chi connectivity index (χ2n) is 6.90. The molecule has 0 radical (unpaired) electrons. The van der Waals surface area contributed by atoms with Crippen molar-refractivity contribution in [3.05, 3.63) is 63.4 Å². The van der Waals surface area contributed by atoms with Crippen LogP contribution in [0.5, 0.6) is 0 Å². The van der Waals surface area contributed by atoms with E-state index in [1.807, 2.05) is 36.6 Å². The summed E-state index contributed by atoms with van der Waals surface area (Å²) in [7, 11) is 0. The molecule has 1 aliphatic rings. The lowest BCUT2D eigenvalue weighted by Gasteiger charge is -2.27. The standard InChI is InChI=1S/C22H26N2O3S/c1-4-23(5-2)12-13-24-19(17-7-6-14-28-17)18(21(26)22(24)27)20(25)16-10-8-15(3)9-11-16/h6-11,14,19,25H,4-5,12-13H2,1-3H3/b20-18-. The van der Waals surface area contributed by atoms with E-state index in [1.165, 1.54) is 11.3 Å². The fraction of sp³-hybridized carbons (Fsp3) is 0.364. The van der Waals surface area contributed by atoms with Gasteiger partial charge in [-0.25, -0.2) is 0 Å². The molecule has 0 spiro atoms. The van der Waals surface area contributed by atoms with Crippen molar-refractivity contribution in [3.8, 4) is 0 Å². The SMILES string of the molecule is CCN(CC)CCN1C(=O)C(=O)/C(=C(\O)c2ccc(C)cc2)C1c1cccs1. The second kappa shape index (κ2) is 8.71. The van der Waals surface area contributed by atoms with Crippen LogP contribution in [0.25, 0.3) is 5.76 Å². The maximum Gasteiger partial charge on any atom is 0.295 e. The number of hydrogen-bond donors (Lipinski definition) is 1. The number of hydrogen-bond acceptors (Lipinski definition) is 5. The lowest BCUT2D eigenvalue weighted by Crippen LogP contribution is -2.37. The number of likely N-dealkylation sites (tertiary alicyclic amines) is 1. The highest BCUT2D eigenvalue weighted by molar-refractivity contribution is 7.10. The van der Waals surface area contributed by atoms with Crippen molar-refractivity contribution in [1.82, 2.24) is 9.80 Å². The Morgan fingerprint density at radius 3 is 2.39 bits per heavy atom. The van der Waals surface area contributed by atoms with E-state index in [0.29, 0.717) is 18.7 Å². The summed E-state index contributed by atoms with van der Waals surface area (Å²) >= 11 is 1.49. The Labute approximate surface area is 169 Å². The number of amides is 1. The van der Waals surface area contributed by atoms with Crippen molar-refractivity contribution in [3.63, 3.8) is 0 Å². The molecule has 1 fully saturated rings. The maximum atomic E-state index is 12.9. The van der Waals surface area contributed by atoms with Gasteiger partial charge in [-0.3, -0.25) is 9.59 Å². The molecule has 1 aliphatic heterocycles. The van der Waals surface area contributed by atoms with Gasteiger partial charge in [-0.2, -0.15) is 0 Å². The highest BCUT2D eigenvalue weighted by atomic mass is 32.1. The predicted octanol–water partition coefficient (Wildman–Crippen LogP) is 3.82. The van der Waals surface area contributed by atoms with Crippen LogP contribution in [-0.4, -0.2) is 52.8 Å². The number of rotatable bonds is 7. The van der Waals surface area contributed by atoms with Crippen LogP contribution in [-0.2, 0) is 9.59 Å². The van der Waals surface area contributed by atoms with Gasteiger partial charge >= 0.3 is 0 Å². The first-order chi connectivity index (χ1) is 13.5. The van der Waals surface area contributed by atoms with Crippen LogP contribution in [0.2, 0.25) is 0 Å². The summed E-state index contributed by atoms with van der Waals surface area (Å²) in [5, 5.41) is 12.9. The van der Waals surface area contributed by atoms with E-state index in [0.717, 1.165) is 23.5 Å². The molecule has 1 unspecified atom stereocenters. The molecule has 1 N–H and O–H groups in total. The first-order valence-corrected chi connectivity index (χ1v) is 10.5. The maximum absolute atomic E-state index is 12.9. The Balaban J connectivity index is 2.03. The van der Waals surface area contributed by atoms with Gasteiger partial charge in [0.05, 0.1) is 11.6 Å². The average molecular weight is 399 g/mol. The highest BCUT2D eigenvalue weighted by Gasteiger charge is 2.46. The van der Waals surface area contributed by atoms with Crippen LogP contribution in [0, 0.1) is 6.92 Å². The number of benzene rings is 1. The number of Topliss-reactive ketones (excluding diaryl/α,β-unsaturated/α-hetero) is 1. The fourth-order valence-electron chi connectivity index (χ4n) is 3.51. The van der Waals surface area contributed by atoms with E-state index in [1.54, 1.807) is 17.0 Å². The van der Waals surface area contributed by atoms with Gasteiger partial charge in [-0.05, 0) is 31.5 Å². The zero-order chi connectivity index (χ0) is 20.3. The molecule has 0 bridgehead atoms. The van der Waals surface area contributed by atoms with Crippen molar-refractivity contribution >= 4 is 28.8 Å². The lowest BCUT2D eigenvalue weighted by atomic mass is 9.99. The van der Waals surface area contributed by atoms with Crippen LogP contribution >= 0.6 is 11.3 Å². The van der Waals surface area contributed by atoms with E-state index in [-0.39, 0.29) is 11.3 Å². The van der Waals surface area contributed by atoms with Crippen LogP contribution in [0.1, 0.15) is 35.9 Å². The number of ketones is 1. The van der Waals surface area contributed by atoms with Gasteiger partial charge in [-0.1, -0.05) is 49.7 Å². The first kappa shape index (κ1) is 20.3. The summed E-state index contributed by atoms with van der Waals surface area (Å²) in [6, 6.07) is 10.6. The molecule has 1 amide bonds. The van der Waals surface area contributed by atoms with Crippen molar-refractivity contribution in [1.29, 1.82) is 0 Å². The molecule has 2 heterocycles. The number of aryl methyl sites for hydroxylation is 1. The van der Waals surface area contributed by atoms with Crippen molar-refractivity contribution < 1.29 is 14.7 Å². The summed E-state index contributed by atoms with van der Waals surface area (Å²) in [6.45, 7) is 9.01. The molecule has 1 atom stereocenters. The second-order valence-corrected chi connectivity index (χ2v) is 7.88. The minimum Gasteiger partial charge on any atom is -0.507 e. The molecule has 2 aromatic rings. The number of carbonyl (C=O) groups excluding carboxylic acids is 2. The van der Waals surface area contributed by atoms with Gasteiger partial charge in [0.15, 0.2) is 0 Å². The summed E-state index contributed by atoms with van der Waals surface area (Å²) in [6.07, 6.45) is 0. The molecule has 3 rings (SSSR count). The Kier molecular flexibility index (Phi) is 6.31. The number of carbonyl (C=O) groups is 2. The first-order valence-electron chi connectivity index (χ1n) is 9.59. The van der Waals surface area contributed by atoms with Crippen molar-refractivity contribution in [2.75, 3.05) is 26.2 Å². The topological polar surface area (TPSA) is 60.9 Å². The summed E-state index contributed by atoms with van der Waals surface area (Å²) in [5.74, 6) is -1.27. The molecule has 1 saturated heterocycles.